The van der Waals surface area contributed by atoms with Gasteiger partial charge in [0.2, 0.25) is 0 Å². The van der Waals surface area contributed by atoms with E-state index >= 15 is 0 Å². The molecular weight excluding hydrogens is 336 g/mol. The minimum absolute atomic E-state index is 0.0413. The summed E-state index contributed by atoms with van der Waals surface area (Å²) in [6, 6.07) is 17.8. The van der Waals surface area contributed by atoms with Gasteiger partial charge in [0.25, 0.3) is 5.56 Å². The van der Waals surface area contributed by atoms with Gasteiger partial charge in [0, 0.05) is 17.2 Å². The smallest absolute Gasteiger partial charge is 0.252 e. The lowest BCUT2D eigenvalue weighted by Gasteiger charge is -2.05. The van der Waals surface area contributed by atoms with Gasteiger partial charge in [-0.2, -0.15) is 0 Å². The lowest BCUT2D eigenvalue weighted by Crippen LogP contribution is -2.10. The van der Waals surface area contributed by atoms with E-state index in [1.807, 2.05) is 30.3 Å². The van der Waals surface area contributed by atoms with E-state index in [0.717, 1.165) is 5.56 Å². The molecule has 3 aromatic rings. The summed E-state index contributed by atoms with van der Waals surface area (Å²) >= 11 is 1.21. The second kappa shape index (κ2) is 7.81. The Balaban J connectivity index is 1.73. The summed E-state index contributed by atoms with van der Waals surface area (Å²) in [4.78, 5) is 31.2. The van der Waals surface area contributed by atoms with Crippen LogP contribution in [0.15, 0.2) is 70.6 Å². The van der Waals surface area contributed by atoms with Crippen molar-refractivity contribution in [2.24, 2.45) is 0 Å². The van der Waals surface area contributed by atoms with Crippen LogP contribution in [0, 0.1) is 0 Å². The van der Waals surface area contributed by atoms with Gasteiger partial charge in [0.15, 0.2) is 10.9 Å². The zero-order valence-electron chi connectivity index (χ0n) is 13.6. The van der Waals surface area contributed by atoms with Crippen molar-refractivity contribution in [1.82, 2.24) is 9.97 Å². The number of Topliss-reactive ketones (excluding diaryl/α,β-unsaturated/α-hetero) is 1. The maximum atomic E-state index is 12.3. The molecule has 6 heteroatoms. The van der Waals surface area contributed by atoms with Gasteiger partial charge in [-0.3, -0.25) is 9.59 Å². The zero-order chi connectivity index (χ0) is 17.6. The fraction of sp³-hybridized carbons (Fsp3) is 0.105. The maximum Gasteiger partial charge on any atom is 0.252 e. The van der Waals surface area contributed by atoms with Gasteiger partial charge in [-0.05, 0) is 24.3 Å². The summed E-state index contributed by atoms with van der Waals surface area (Å²) < 4.78 is 5.08. The fourth-order valence-electron chi connectivity index (χ4n) is 2.25. The van der Waals surface area contributed by atoms with Crippen LogP contribution in [0.5, 0.6) is 5.75 Å². The number of nitrogens with one attached hydrogen (secondary N) is 1. The molecule has 1 heterocycles. The molecule has 0 amide bonds. The number of ether oxygens (including phenoxy) is 1. The molecule has 0 aliphatic carbocycles. The molecule has 0 radical (unpaired) electrons. The summed E-state index contributed by atoms with van der Waals surface area (Å²) in [5, 5.41) is 0.424. The Morgan fingerprint density at radius 2 is 1.84 bits per heavy atom. The van der Waals surface area contributed by atoms with Crippen LogP contribution in [-0.2, 0) is 0 Å². The lowest BCUT2D eigenvalue weighted by molar-refractivity contribution is 0.102. The molecule has 3 rings (SSSR count). The highest BCUT2D eigenvalue weighted by Gasteiger charge is 2.10. The molecule has 1 N–H and O–H groups in total. The number of nitrogens with zero attached hydrogens (tertiary/aromatic N) is 1. The normalized spacial score (nSPS) is 10.4. The molecule has 25 heavy (non-hydrogen) atoms. The zero-order valence-corrected chi connectivity index (χ0v) is 14.4. The third kappa shape index (κ3) is 4.36. The van der Waals surface area contributed by atoms with Gasteiger partial charge in [-0.15, -0.1) is 0 Å². The molecule has 0 unspecified atom stereocenters. The first kappa shape index (κ1) is 17.0. The number of methoxy groups -OCH3 is 1. The maximum absolute atomic E-state index is 12.3. The predicted molar refractivity (Wildman–Crippen MR) is 98.3 cm³/mol. The molecule has 0 saturated carbocycles. The number of thioether (sulfide) groups is 1. The molecular formula is C19H16N2O3S. The molecule has 126 valence electrons. The van der Waals surface area contributed by atoms with Crippen LogP contribution in [0.4, 0.5) is 0 Å². The minimum atomic E-state index is -0.242. The first-order valence-corrected chi connectivity index (χ1v) is 8.61. The number of hydrogen-bond donors (Lipinski definition) is 1. The molecule has 0 aliphatic rings. The van der Waals surface area contributed by atoms with Gasteiger partial charge in [0.05, 0.1) is 18.6 Å². The average Bonchev–Trinajstić information content (AvgIpc) is 2.66. The highest BCUT2D eigenvalue weighted by atomic mass is 32.2. The summed E-state index contributed by atoms with van der Waals surface area (Å²) in [5.41, 5.74) is 1.80. The first-order valence-electron chi connectivity index (χ1n) is 7.62. The van der Waals surface area contributed by atoms with Crippen LogP contribution in [-0.4, -0.2) is 28.6 Å². The Labute approximate surface area is 149 Å². The summed E-state index contributed by atoms with van der Waals surface area (Å²) in [7, 11) is 1.58. The van der Waals surface area contributed by atoms with Gasteiger partial charge in [0.1, 0.15) is 5.75 Å². The van der Waals surface area contributed by atoms with Crippen molar-refractivity contribution in [2.75, 3.05) is 12.9 Å². The Bertz CT molecular complexity index is 921. The largest absolute Gasteiger partial charge is 0.497 e. The highest BCUT2D eigenvalue weighted by Crippen LogP contribution is 2.20. The lowest BCUT2D eigenvalue weighted by atomic mass is 10.1. The van der Waals surface area contributed by atoms with Crippen molar-refractivity contribution in [3.05, 3.63) is 76.6 Å². The van der Waals surface area contributed by atoms with E-state index in [1.165, 1.54) is 17.8 Å². The van der Waals surface area contributed by atoms with Crippen LogP contribution >= 0.6 is 11.8 Å². The standard InChI is InChI=1S/C19H16N2O3S/c1-24-15-9-7-14(8-10-15)17(22)12-25-19-20-16(11-18(23)21-19)13-5-3-2-4-6-13/h2-11H,12H2,1H3,(H,20,21,23). The molecule has 0 fully saturated rings. The van der Waals surface area contributed by atoms with E-state index in [1.54, 1.807) is 31.4 Å². The number of ketones is 1. The molecule has 0 spiro atoms. The fourth-order valence-corrected chi connectivity index (χ4v) is 3.02. The number of H-pyrrole nitrogens is 1. The second-order valence-corrected chi connectivity index (χ2v) is 6.21. The van der Waals surface area contributed by atoms with Crippen molar-refractivity contribution < 1.29 is 9.53 Å². The average molecular weight is 352 g/mol. The van der Waals surface area contributed by atoms with Gasteiger partial charge >= 0.3 is 0 Å². The Morgan fingerprint density at radius 3 is 2.52 bits per heavy atom. The van der Waals surface area contributed by atoms with Crippen molar-refractivity contribution in [3.8, 4) is 17.0 Å². The number of carbonyl (C=O) groups excluding carboxylic acids is 1. The monoisotopic (exact) mass is 352 g/mol. The van der Waals surface area contributed by atoms with Crippen LogP contribution in [0.3, 0.4) is 0 Å². The number of rotatable bonds is 6. The molecule has 0 atom stereocenters. The molecule has 5 nitrogen and oxygen atoms in total. The number of benzene rings is 2. The Kier molecular flexibility index (Phi) is 5.30. The summed E-state index contributed by atoms with van der Waals surface area (Å²) in [6.07, 6.45) is 0. The molecule has 0 saturated heterocycles. The van der Waals surface area contributed by atoms with E-state index in [9.17, 15) is 9.59 Å². The summed E-state index contributed by atoms with van der Waals surface area (Å²) in [5.74, 6) is 0.847. The van der Waals surface area contributed by atoms with Crippen molar-refractivity contribution in [1.29, 1.82) is 0 Å². The van der Waals surface area contributed by atoms with E-state index in [2.05, 4.69) is 9.97 Å². The predicted octanol–water partition coefficient (Wildman–Crippen LogP) is 3.42. The second-order valence-electron chi connectivity index (χ2n) is 5.24. The molecule has 0 bridgehead atoms. The molecule has 2 aromatic carbocycles. The Morgan fingerprint density at radius 1 is 1.12 bits per heavy atom. The number of aromatic amines is 1. The third-order valence-corrected chi connectivity index (χ3v) is 4.41. The van der Waals surface area contributed by atoms with Crippen molar-refractivity contribution in [2.45, 2.75) is 5.16 Å². The SMILES string of the molecule is COc1ccc(C(=O)CSc2nc(-c3ccccc3)cc(=O)[nH]2)cc1. The molecule has 0 aliphatic heterocycles. The number of aromatic nitrogens is 2. The Hall–Kier alpha value is -2.86. The topological polar surface area (TPSA) is 72.0 Å². The third-order valence-electron chi connectivity index (χ3n) is 3.54. The van der Waals surface area contributed by atoms with Gasteiger partial charge in [-0.1, -0.05) is 42.1 Å². The van der Waals surface area contributed by atoms with E-state index in [4.69, 9.17) is 4.74 Å². The van der Waals surface area contributed by atoms with E-state index in [0.29, 0.717) is 22.2 Å². The summed E-state index contributed by atoms with van der Waals surface area (Å²) in [6.45, 7) is 0. The van der Waals surface area contributed by atoms with Crippen molar-refractivity contribution in [3.63, 3.8) is 0 Å². The van der Waals surface area contributed by atoms with Crippen LogP contribution in [0.2, 0.25) is 0 Å². The molecule has 1 aromatic heterocycles. The first-order chi connectivity index (χ1) is 12.2. The van der Waals surface area contributed by atoms with E-state index < -0.39 is 0 Å². The van der Waals surface area contributed by atoms with Crippen LogP contribution in [0.25, 0.3) is 11.3 Å². The van der Waals surface area contributed by atoms with Crippen LogP contribution < -0.4 is 10.3 Å². The van der Waals surface area contributed by atoms with Crippen molar-refractivity contribution >= 4 is 17.5 Å². The van der Waals surface area contributed by atoms with Gasteiger partial charge in [-0.25, -0.2) is 4.98 Å². The van der Waals surface area contributed by atoms with Gasteiger partial charge < -0.3 is 9.72 Å². The van der Waals surface area contributed by atoms with E-state index in [-0.39, 0.29) is 17.1 Å². The minimum Gasteiger partial charge on any atom is -0.497 e. The quantitative estimate of drug-likeness (QED) is 0.418. The van der Waals surface area contributed by atoms with Crippen LogP contribution in [0.1, 0.15) is 10.4 Å². The highest BCUT2D eigenvalue weighted by molar-refractivity contribution is 7.99. The number of carbonyl (C=O) groups is 1. The number of hydrogen-bond acceptors (Lipinski definition) is 5.